The van der Waals surface area contributed by atoms with Gasteiger partial charge in [0, 0.05) is 25.6 Å². The number of sulfone groups is 1. The SMILES string of the molecule is O=S1(=O)CC(N2C=CN(Cc3nc4ccccc4n3CCCCO)C2)C1. The standard InChI is InChI=1S/C18H24N4O3S/c23-10-4-3-7-22-17-6-2-1-5-16(17)19-18(22)11-20-8-9-21(14-20)15-12-26(24,25)13-15/h1-2,5-6,8-9,15,23H,3-4,7,10-14H2. The zero-order valence-electron chi connectivity index (χ0n) is 14.7. The molecule has 1 aromatic heterocycles. The summed E-state index contributed by atoms with van der Waals surface area (Å²) in [7, 11) is -2.81. The summed E-state index contributed by atoms with van der Waals surface area (Å²) in [5.74, 6) is 1.51. The van der Waals surface area contributed by atoms with Crippen LogP contribution < -0.4 is 0 Å². The molecule has 140 valence electrons. The normalized spacial score (nSPS) is 19.4. The van der Waals surface area contributed by atoms with Crippen molar-refractivity contribution in [1.29, 1.82) is 0 Å². The summed E-state index contributed by atoms with van der Waals surface area (Å²) in [6.45, 7) is 2.41. The number of para-hydroxylation sites is 2. The van der Waals surface area contributed by atoms with Gasteiger partial charge in [-0.1, -0.05) is 12.1 Å². The van der Waals surface area contributed by atoms with Crippen molar-refractivity contribution >= 4 is 20.9 Å². The summed E-state index contributed by atoms with van der Waals surface area (Å²) in [5, 5.41) is 9.06. The summed E-state index contributed by atoms with van der Waals surface area (Å²) < 4.78 is 25.0. The third-order valence-corrected chi connectivity index (χ3v) is 6.83. The molecule has 0 spiro atoms. The molecule has 8 heteroatoms. The lowest BCUT2D eigenvalue weighted by molar-refractivity contribution is 0.216. The van der Waals surface area contributed by atoms with Crippen LogP contribution in [-0.2, 0) is 22.9 Å². The van der Waals surface area contributed by atoms with Gasteiger partial charge in [0.2, 0.25) is 0 Å². The molecule has 2 aromatic rings. The fraction of sp³-hybridized carbons (Fsp3) is 0.500. The number of hydrogen-bond donors (Lipinski definition) is 1. The number of nitrogens with zero attached hydrogens (tertiary/aromatic N) is 4. The van der Waals surface area contributed by atoms with Gasteiger partial charge < -0.3 is 19.5 Å². The molecular weight excluding hydrogens is 352 g/mol. The predicted octanol–water partition coefficient (Wildman–Crippen LogP) is 1.15. The molecule has 0 radical (unpaired) electrons. The van der Waals surface area contributed by atoms with Gasteiger partial charge in [0.15, 0.2) is 9.84 Å². The minimum Gasteiger partial charge on any atom is -0.396 e. The first-order valence-corrected chi connectivity index (χ1v) is 10.8. The van der Waals surface area contributed by atoms with Crippen LogP contribution in [0.4, 0.5) is 0 Å². The largest absolute Gasteiger partial charge is 0.396 e. The van der Waals surface area contributed by atoms with Crippen LogP contribution in [0.1, 0.15) is 18.7 Å². The zero-order valence-corrected chi connectivity index (χ0v) is 15.5. The molecule has 7 nitrogen and oxygen atoms in total. The maximum absolute atomic E-state index is 11.4. The fourth-order valence-corrected chi connectivity index (χ4v) is 5.07. The Morgan fingerprint density at radius 1 is 1.15 bits per heavy atom. The van der Waals surface area contributed by atoms with Crippen LogP contribution in [0.5, 0.6) is 0 Å². The van der Waals surface area contributed by atoms with E-state index in [4.69, 9.17) is 10.1 Å². The minimum absolute atomic E-state index is 0.102. The number of imidazole rings is 1. The average Bonchev–Trinajstić information content (AvgIpc) is 3.18. The van der Waals surface area contributed by atoms with Crippen molar-refractivity contribution in [3.8, 4) is 0 Å². The lowest BCUT2D eigenvalue weighted by Crippen LogP contribution is -2.51. The fourth-order valence-electron chi connectivity index (χ4n) is 3.61. The Bertz CT molecular complexity index is 910. The van der Waals surface area contributed by atoms with Crippen molar-refractivity contribution in [2.24, 2.45) is 0 Å². The highest BCUT2D eigenvalue weighted by molar-refractivity contribution is 7.92. The number of fused-ring (bicyclic) bond motifs is 1. The Kier molecular flexibility index (Phi) is 4.62. The number of unbranched alkanes of at least 4 members (excludes halogenated alkanes) is 1. The van der Waals surface area contributed by atoms with Crippen molar-refractivity contribution in [3.05, 3.63) is 42.5 Å². The van der Waals surface area contributed by atoms with Crippen molar-refractivity contribution in [3.63, 3.8) is 0 Å². The van der Waals surface area contributed by atoms with Crippen LogP contribution >= 0.6 is 0 Å². The first-order valence-electron chi connectivity index (χ1n) is 8.99. The van der Waals surface area contributed by atoms with E-state index < -0.39 is 9.84 Å². The van der Waals surface area contributed by atoms with Gasteiger partial charge in [0.25, 0.3) is 0 Å². The Hall–Kier alpha value is -2.06. The number of aryl methyl sites for hydroxylation is 1. The summed E-state index contributed by atoms with van der Waals surface area (Å²) in [4.78, 5) is 9.05. The first kappa shape index (κ1) is 17.4. The Morgan fingerprint density at radius 3 is 2.73 bits per heavy atom. The third kappa shape index (κ3) is 3.43. The van der Waals surface area contributed by atoms with Gasteiger partial charge in [-0.15, -0.1) is 0 Å². The summed E-state index contributed by atoms with van der Waals surface area (Å²) in [5.41, 5.74) is 2.10. The van der Waals surface area contributed by atoms with Crippen LogP contribution in [0, 0.1) is 0 Å². The molecule has 3 heterocycles. The highest BCUT2D eigenvalue weighted by atomic mass is 32.2. The van der Waals surface area contributed by atoms with Crippen LogP contribution in [0.25, 0.3) is 11.0 Å². The molecule has 1 saturated heterocycles. The van der Waals surface area contributed by atoms with E-state index in [9.17, 15) is 8.42 Å². The monoisotopic (exact) mass is 376 g/mol. The topological polar surface area (TPSA) is 78.7 Å². The molecule has 26 heavy (non-hydrogen) atoms. The third-order valence-electron chi connectivity index (χ3n) is 5.04. The number of aromatic nitrogens is 2. The van der Waals surface area contributed by atoms with E-state index in [2.05, 4.69) is 20.4 Å². The van der Waals surface area contributed by atoms with E-state index in [1.165, 1.54) is 0 Å². The molecule has 0 amide bonds. The van der Waals surface area contributed by atoms with Gasteiger partial charge in [0.05, 0.1) is 41.8 Å². The summed E-state index contributed by atoms with van der Waals surface area (Å²) in [6.07, 6.45) is 5.69. The van der Waals surface area contributed by atoms with Gasteiger partial charge in [0.1, 0.15) is 5.82 Å². The molecule has 1 aromatic carbocycles. The lowest BCUT2D eigenvalue weighted by atomic mass is 10.3. The molecule has 4 rings (SSSR count). The quantitative estimate of drug-likeness (QED) is 0.731. The Balaban J connectivity index is 1.47. The highest BCUT2D eigenvalue weighted by Crippen LogP contribution is 2.23. The van der Waals surface area contributed by atoms with E-state index in [1.54, 1.807) is 0 Å². The maximum atomic E-state index is 11.4. The van der Waals surface area contributed by atoms with E-state index in [-0.39, 0.29) is 24.2 Å². The Morgan fingerprint density at radius 2 is 1.96 bits per heavy atom. The van der Waals surface area contributed by atoms with E-state index in [0.717, 1.165) is 36.2 Å². The number of benzene rings is 1. The smallest absolute Gasteiger partial charge is 0.154 e. The van der Waals surface area contributed by atoms with Gasteiger partial charge in [-0.2, -0.15) is 0 Å². The molecule has 0 saturated carbocycles. The van der Waals surface area contributed by atoms with E-state index >= 15 is 0 Å². The predicted molar refractivity (Wildman–Crippen MR) is 99.9 cm³/mol. The molecule has 1 fully saturated rings. The van der Waals surface area contributed by atoms with Gasteiger partial charge in [-0.05, 0) is 25.0 Å². The molecule has 2 aliphatic rings. The number of rotatable bonds is 7. The van der Waals surface area contributed by atoms with Crippen LogP contribution in [0.15, 0.2) is 36.7 Å². The second-order valence-electron chi connectivity index (χ2n) is 7.03. The molecular formula is C18H24N4O3S. The van der Waals surface area contributed by atoms with Crippen molar-refractivity contribution in [2.75, 3.05) is 24.8 Å². The Labute approximate surface area is 153 Å². The molecule has 0 aliphatic carbocycles. The zero-order chi connectivity index (χ0) is 18.1. The number of aliphatic hydroxyl groups excluding tert-OH is 1. The second kappa shape index (κ2) is 6.92. The van der Waals surface area contributed by atoms with Gasteiger partial charge >= 0.3 is 0 Å². The molecule has 0 unspecified atom stereocenters. The second-order valence-corrected chi connectivity index (χ2v) is 9.18. The van der Waals surface area contributed by atoms with Crippen LogP contribution in [-0.4, -0.2) is 63.7 Å². The lowest BCUT2D eigenvalue weighted by Gasteiger charge is -2.35. The van der Waals surface area contributed by atoms with E-state index in [1.807, 2.05) is 30.6 Å². The van der Waals surface area contributed by atoms with Crippen molar-refractivity contribution in [2.45, 2.75) is 32.0 Å². The molecule has 0 atom stereocenters. The highest BCUT2D eigenvalue weighted by Gasteiger charge is 2.38. The summed E-state index contributed by atoms with van der Waals surface area (Å²) in [6, 6.07) is 8.21. The number of hydrogen-bond acceptors (Lipinski definition) is 6. The minimum atomic E-state index is -2.81. The molecule has 1 N–H and O–H groups in total. The first-order chi connectivity index (χ1) is 12.6. The van der Waals surface area contributed by atoms with Crippen LogP contribution in [0.2, 0.25) is 0 Å². The summed E-state index contributed by atoms with van der Waals surface area (Å²) >= 11 is 0. The average molecular weight is 376 g/mol. The number of aliphatic hydroxyl groups is 1. The molecule has 0 bridgehead atoms. The van der Waals surface area contributed by atoms with Crippen molar-refractivity contribution in [1.82, 2.24) is 19.4 Å². The molecule has 2 aliphatic heterocycles. The van der Waals surface area contributed by atoms with Gasteiger partial charge in [-0.3, -0.25) is 0 Å². The van der Waals surface area contributed by atoms with Crippen LogP contribution in [0.3, 0.4) is 0 Å². The maximum Gasteiger partial charge on any atom is 0.154 e. The van der Waals surface area contributed by atoms with E-state index in [0.29, 0.717) is 13.2 Å². The van der Waals surface area contributed by atoms with Gasteiger partial charge in [-0.25, -0.2) is 13.4 Å². The van der Waals surface area contributed by atoms with Crippen molar-refractivity contribution < 1.29 is 13.5 Å².